The molecule has 0 aliphatic carbocycles. The summed E-state index contributed by atoms with van der Waals surface area (Å²) in [5.74, 6) is 1.05. The number of nitro groups is 1. The van der Waals surface area contributed by atoms with Crippen molar-refractivity contribution in [3.05, 3.63) is 63.2 Å². The largest absolute Gasteiger partial charge is 0.457 e. The lowest BCUT2D eigenvalue weighted by molar-refractivity contribution is -0.384. The van der Waals surface area contributed by atoms with Crippen molar-refractivity contribution >= 4 is 17.3 Å². The molecule has 2 rings (SSSR count). The quantitative estimate of drug-likeness (QED) is 0.654. The second-order valence-corrected chi connectivity index (χ2v) is 4.97. The van der Waals surface area contributed by atoms with E-state index in [-0.39, 0.29) is 16.8 Å². The van der Waals surface area contributed by atoms with Crippen LogP contribution in [0.25, 0.3) is 0 Å². The van der Waals surface area contributed by atoms with E-state index in [2.05, 4.69) is 0 Å². The Morgan fingerprint density at radius 2 is 2.00 bits per heavy atom. The van der Waals surface area contributed by atoms with Crippen LogP contribution in [0, 0.1) is 10.1 Å². The van der Waals surface area contributed by atoms with Gasteiger partial charge in [-0.25, -0.2) is 0 Å². The summed E-state index contributed by atoms with van der Waals surface area (Å²) >= 11 is 5.85. The van der Waals surface area contributed by atoms with E-state index in [1.807, 2.05) is 25.1 Å². The molecule has 0 aliphatic heterocycles. The van der Waals surface area contributed by atoms with Crippen molar-refractivity contribution < 1.29 is 9.66 Å². The van der Waals surface area contributed by atoms with Crippen molar-refractivity contribution in [2.75, 3.05) is 0 Å². The lowest BCUT2D eigenvalue weighted by atomic mass is 10.1. The van der Waals surface area contributed by atoms with Crippen molar-refractivity contribution in [1.82, 2.24) is 0 Å². The van der Waals surface area contributed by atoms with Gasteiger partial charge in [0, 0.05) is 18.2 Å². The molecule has 0 radical (unpaired) electrons. The number of halogens is 1. The molecule has 6 heteroatoms. The van der Waals surface area contributed by atoms with Gasteiger partial charge in [-0.1, -0.05) is 30.7 Å². The molecule has 0 aromatic heterocycles. The fraction of sp³-hybridized carbons (Fsp3) is 0.200. The smallest absolute Gasteiger partial charge is 0.288 e. The fourth-order valence-corrected chi connectivity index (χ4v) is 2.12. The highest BCUT2D eigenvalue weighted by Gasteiger charge is 2.13. The van der Waals surface area contributed by atoms with Gasteiger partial charge in [-0.15, -0.1) is 0 Å². The van der Waals surface area contributed by atoms with Crippen LogP contribution >= 0.6 is 11.6 Å². The molecular formula is C15H15ClN2O3. The monoisotopic (exact) mass is 306 g/mol. The molecule has 5 nitrogen and oxygen atoms in total. The highest BCUT2D eigenvalue weighted by molar-refractivity contribution is 6.32. The average molecular weight is 307 g/mol. The van der Waals surface area contributed by atoms with E-state index in [1.165, 1.54) is 18.2 Å². The van der Waals surface area contributed by atoms with Gasteiger partial charge in [-0.2, -0.15) is 0 Å². The van der Waals surface area contributed by atoms with Crippen LogP contribution in [0.5, 0.6) is 11.5 Å². The molecule has 2 aromatic carbocycles. The number of ether oxygens (including phenoxy) is 1. The molecule has 0 bridgehead atoms. The average Bonchev–Trinajstić information content (AvgIpc) is 2.46. The van der Waals surface area contributed by atoms with Crippen LogP contribution in [-0.2, 0) is 0 Å². The van der Waals surface area contributed by atoms with E-state index in [1.54, 1.807) is 6.07 Å². The summed E-state index contributed by atoms with van der Waals surface area (Å²) in [4.78, 5) is 10.2. The third kappa shape index (κ3) is 3.71. The van der Waals surface area contributed by atoms with Crippen LogP contribution in [-0.4, -0.2) is 4.92 Å². The van der Waals surface area contributed by atoms with Crippen molar-refractivity contribution in [2.45, 2.75) is 19.4 Å². The molecular weight excluding hydrogens is 292 g/mol. The van der Waals surface area contributed by atoms with Crippen molar-refractivity contribution in [2.24, 2.45) is 5.73 Å². The number of nitro benzene ring substituents is 1. The van der Waals surface area contributed by atoms with Crippen molar-refractivity contribution in [3.63, 3.8) is 0 Å². The number of benzene rings is 2. The molecule has 0 saturated carbocycles. The van der Waals surface area contributed by atoms with Crippen molar-refractivity contribution in [1.29, 1.82) is 0 Å². The Labute approximate surface area is 127 Å². The number of rotatable bonds is 5. The summed E-state index contributed by atoms with van der Waals surface area (Å²) in [6, 6.07) is 11.6. The topological polar surface area (TPSA) is 78.4 Å². The molecule has 0 amide bonds. The van der Waals surface area contributed by atoms with E-state index in [0.29, 0.717) is 11.5 Å². The summed E-state index contributed by atoms with van der Waals surface area (Å²) in [6.45, 7) is 2.01. The maximum atomic E-state index is 10.7. The van der Waals surface area contributed by atoms with Gasteiger partial charge in [0.1, 0.15) is 16.5 Å². The zero-order valence-corrected chi connectivity index (χ0v) is 12.2. The Balaban J connectivity index is 2.22. The summed E-state index contributed by atoms with van der Waals surface area (Å²) in [6.07, 6.45) is 0.826. The fourth-order valence-electron chi connectivity index (χ4n) is 1.88. The van der Waals surface area contributed by atoms with E-state index in [9.17, 15) is 10.1 Å². The molecule has 21 heavy (non-hydrogen) atoms. The normalized spacial score (nSPS) is 12.0. The minimum absolute atomic E-state index is 0.0407. The predicted molar refractivity (Wildman–Crippen MR) is 81.8 cm³/mol. The van der Waals surface area contributed by atoms with Gasteiger partial charge in [-0.3, -0.25) is 10.1 Å². The third-order valence-corrected chi connectivity index (χ3v) is 3.38. The lowest BCUT2D eigenvalue weighted by Gasteiger charge is -2.11. The first-order valence-corrected chi connectivity index (χ1v) is 6.86. The SMILES string of the molecule is CCC(N)c1cccc(Oc2ccc([N+](=O)[O-])c(Cl)c2)c1. The molecule has 0 spiro atoms. The second-order valence-electron chi connectivity index (χ2n) is 4.56. The van der Waals surface area contributed by atoms with Crippen LogP contribution < -0.4 is 10.5 Å². The third-order valence-electron chi connectivity index (χ3n) is 3.08. The first kappa shape index (κ1) is 15.3. The van der Waals surface area contributed by atoms with Gasteiger partial charge in [0.2, 0.25) is 0 Å². The molecule has 0 saturated heterocycles. The first-order chi connectivity index (χ1) is 10.0. The summed E-state index contributed by atoms with van der Waals surface area (Å²) < 4.78 is 5.67. The van der Waals surface area contributed by atoms with Crippen LogP contribution in [0.2, 0.25) is 5.02 Å². The number of hydrogen-bond donors (Lipinski definition) is 1. The zero-order chi connectivity index (χ0) is 15.4. The highest BCUT2D eigenvalue weighted by atomic mass is 35.5. The van der Waals surface area contributed by atoms with Gasteiger partial charge in [0.05, 0.1) is 4.92 Å². The van der Waals surface area contributed by atoms with Crippen LogP contribution in [0.15, 0.2) is 42.5 Å². The highest BCUT2D eigenvalue weighted by Crippen LogP contribution is 2.31. The molecule has 2 aromatic rings. The van der Waals surface area contributed by atoms with E-state index in [0.717, 1.165) is 12.0 Å². The molecule has 110 valence electrons. The van der Waals surface area contributed by atoms with Crippen molar-refractivity contribution in [3.8, 4) is 11.5 Å². The second kappa shape index (κ2) is 6.56. The number of nitrogens with two attached hydrogens (primary N) is 1. The Hall–Kier alpha value is -2.11. The van der Waals surface area contributed by atoms with Gasteiger partial charge < -0.3 is 10.5 Å². The summed E-state index contributed by atoms with van der Waals surface area (Å²) in [7, 11) is 0. The van der Waals surface area contributed by atoms with Crippen LogP contribution in [0.4, 0.5) is 5.69 Å². The van der Waals surface area contributed by atoms with Crippen LogP contribution in [0.1, 0.15) is 24.9 Å². The molecule has 0 heterocycles. The lowest BCUT2D eigenvalue weighted by Crippen LogP contribution is -2.08. The standard InChI is InChI=1S/C15H15ClN2O3/c1-2-14(17)10-4-3-5-11(8-10)21-12-6-7-15(18(19)20)13(16)9-12/h3-9,14H,2,17H2,1H3. The molecule has 1 unspecified atom stereocenters. The van der Waals surface area contributed by atoms with Gasteiger partial charge in [-0.05, 0) is 30.2 Å². The summed E-state index contributed by atoms with van der Waals surface area (Å²) in [5, 5.41) is 10.8. The Bertz CT molecular complexity index is 661. The molecule has 0 aliphatic rings. The van der Waals surface area contributed by atoms with Crippen LogP contribution in [0.3, 0.4) is 0 Å². The molecule has 2 N–H and O–H groups in total. The maximum absolute atomic E-state index is 10.7. The summed E-state index contributed by atoms with van der Waals surface area (Å²) in [5.41, 5.74) is 6.81. The molecule has 0 fully saturated rings. The van der Waals surface area contributed by atoms with Gasteiger partial charge >= 0.3 is 0 Å². The number of nitrogens with zero attached hydrogens (tertiary/aromatic N) is 1. The minimum atomic E-state index is -0.535. The Kier molecular flexibility index (Phi) is 4.77. The Morgan fingerprint density at radius 1 is 1.29 bits per heavy atom. The van der Waals surface area contributed by atoms with E-state index >= 15 is 0 Å². The first-order valence-electron chi connectivity index (χ1n) is 6.48. The van der Waals surface area contributed by atoms with Gasteiger partial charge in [0.15, 0.2) is 0 Å². The Morgan fingerprint density at radius 3 is 2.62 bits per heavy atom. The minimum Gasteiger partial charge on any atom is -0.457 e. The zero-order valence-electron chi connectivity index (χ0n) is 11.5. The number of hydrogen-bond acceptors (Lipinski definition) is 4. The maximum Gasteiger partial charge on any atom is 0.288 e. The van der Waals surface area contributed by atoms with E-state index < -0.39 is 4.92 Å². The predicted octanol–water partition coefficient (Wildman–Crippen LogP) is 4.45. The molecule has 1 atom stereocenters. The van der Waals surface area contributed by atoms with E-state index in [4.69, 9.17) is 22.1 Å². The van der Waals surface area contributed by atoms with Gasteiger partial charge in [0.25, 0.3) is 5.69 Å².